The highest BCUT2D eigenvalue weighted by molar-refractivity contribution is 14.0. The van der Waals surface area contributed by atoms with Crippen LogP contribution < -0.4 is 15.0 Å². The van der Waals surface area contributed by atoms with Gasteiger partial charge in [0.2, 0.25) is 0 Å². The molecule has 4 rings (SSSR count). The Balaban J connectivity index is 0.00000306. The lowest BCUT2D eigenvalue weighted by Crippen LogP contribution is -2.52. The summed E-state index contributed by atoms with van der Waals surface area (Å²) < 4.78 is 11.6. The van der Waals surface area contributed by atoms with Crippen molar-refractivity contribution in [2.45, 2.75) is 25.9 Å². The Bertz CT molecular complexity index is 872. The van der Waals surface area contributed by atoms with Gasteiger partial charge in [-0.25, -0.2) is 0 Å². The minimum Gasteiger partial charge on any atom is -0.497 e. The largest absolute Gasteiger partial charge is 0.497 e. The van der Waals surface area contributed by atoms with Crippen molar-refractivity contribution in [1.29, 1.82) is 0 Å². The van der Waals surface area contributed by atoms with Crippen molar-refractivity contribution < 1.29 is 9.47 Å². The fraction of sp³-hybridized carbons (Fsp3) is 0.500. The molecule has 2 heterocycles. The summed E-state index contributed by atoms with van der Waals surface area (Å²) in [6.45, 7) is 8.48. The van der Waals surface area contributed by atoms with Gasteiger partial charge in [-0.1, -0.05) is 36.4 Å². The Labute approximate surface area is 215 Å². The average Bonchev–Trinajstić information content (AvgIpc) is 2.87. The number of hydrogen-bond donors (Lipinski definition) is 1. The van der Waals surface area contributed by atoms with Crippen molar-refractivity contribution in [3.63, 3.8) is 0 Å². The zero-order chi connectivity index (χ0) is 22.2. The zero-order valence-electron chi connectivity index (χ0n) is 19.8. The monoisotopic (exact) mass is 564 g/mol. The van der Waals surface area contributed by atoms with Gasteiger partial charge in [-0.2, -0.15) is 0 Å². The molecule has 2 atom stereocenters. The van der Waals surface area contributed by atoms with Gasteiger partial charge in [-0.05, 0) is 37.5 Å². The van der Waals surface area contributed by atoms with Crippen LogP contribution in [0.2, 0.25) is 0 Å². The van der Waals surface area contributed by atoms with Gasteiger partial charge in [0.05, 0.1) is 13.2 Å². The first kappa shape index (κ1) is 25.6. The molecule has 0 aromatic heterocycles. The van der Waals surface area contributed by atoms with Gasteiger partial charge in [0.1, 0.15) is 5.75 Å². The number of ether oxygens (including phenoxy) is 2. The number of rotatable bonds is 6. The minimum atomic E-state index is 0. The Morgan fingerprint density at radius 1 is 1.09 bits per heavy atom. The standard InChI is InChI=1S/C26H36N4O2.HI/c1-3-27-26(28-20-22-11-8-18-32-25(22)21-9-5-4-6-10-21)30-16-14-29(15-17-30)23-12-7-13-24(19-23)31-2;/h4-7,9-10,12-13,19,22,25H,3,8,11,14-18,20H2,1-2H3,(H,27,28);1H. The third-order valence-electron chi connectivity index (χ3n) is 6.38. The zero-order valence-corrected chi connectivity index (χ0v) is 22.1. The van der Waals surface area contributed by atoms with E-state index in [4.69, 9.17) is 14.5 Å². The van der Waals surface area contributed by atoms with E-state index in [1.54, 1.807) is 7.11 Å². The molecule has 7 heteroatoms. The van der Waals surface area contributed by atoms with Crippen LogP contribution in [0.4, 0.5) is 5.69 Å². The molecule has 180 valence electrons. The van der Waals surface area contributed by atoms with Crippen LogP contribution in [0.1, 0.15) is 31.4 Å². The van der Waals surface area contributed by atoms with Gasteiger partial charge in [0.25, 0.3) is 0 Å². The Morgan fingerprint density at radius 3 is 2.61 bits per heavy atom. The van der Waals surface area contributed by atoms with E-state index >= 15 is 0 Å². The van der Waals surface area contributed by atoms with Crippen LogP contribution in [0.5, 0.6) is 5.75 Å². The quantitative estimate of drug-likeness (QED) is 0.317. The lowest BCUT2D eigenvalue weighted by Gasteiger charge is -2.38. The van der Waals surface area contributed by atoms with Crippen LogP contribution in [-0.2, 0) is 4.74 Å². The summed E-state index contributed by atoms with van der Waals surface area (Å²) in [6, 6.07) is 18.9. The molecule has 0 bridgehead atoms. The van der Waals surface area contributed by atoms with E-state index in [9.17, 15) is 0 Å². The van der Waals surface area contributed by atoms with E-state index in [-0.39, 0.29) is 30.1 Å². The van der Waals surface area contributed by atoms with E-state index in [0.29, 0.717) is 5.92 Å². The fourth-order valence-electron chi connectivity index (χ4n) is 4.65. The second-order valence-electron chi connectivity index (χ2n) is 8.47. The number of nitrogens with one attached hydrogen (secondary N) is 1. The fourth-order valence-corrected chi connectivity index (χ4v) is 4.65. The molecule has 2 aromatic rings. The van der Waals surface area contributed by atoms with Crippen molar-refractivity contribution >= 4 is 35.6 Å². The Morgan fingerprint density at radius 2 is 1.88 bits per heavy atom. The number of aliphatic imine (C=N–C) groups is 1. The summed E-state index contributed by atoms with van der Waals surface area (Å²) in [6.07, 6.45) is 2.41. The number of guanidine groups is 1. The highest BCUT2D eigenvalue weighted by Gasteiger charge is 2.28. The molecule has 2 fully saturated rings. The highest BCUT2D eigenvalue weighted by atomic mass is 127. The smallest absolute Gasteiger partial charge is 0.194 e. The minimum absolute atomic E-state index is 0. The molecule has 2 aliphatic rings. The maximum atomic E-state index is 6.18. The molecule has 2 saturated heterocycles. The van der Waals surface area contributed by atoms with E-state index < -0.39 is 0 Å². The molecule has 0 saturated carbocycles. The van der Waals surface area contributed by atoms with Gasteiger partial charge >= 0.3 is 0 Å². The van der Waals surface area contributed by atoms with Crippen LogP contribution >= 0.6 is 24.0 Å². The maximum absolute atomic E-state index is 6.18. The number of halogens is 1. The summed E-state index contributed by atoms with van der Waals surface area (Å²) in [4.78, 5) is 9.88. The predicted octanol–water partition coefficient (Wildman–Crippen LogP) is 4.57. The van der Waals surface area contributed by atoms with Crippen LogP contribution in [0.15, 0.2) is 59.6 Å². The van der Waals surface area contributed by atoms with Crippen molar-refractivity contribution in [3.8, 4) is 5.75 Å². The normalized spacial score (nSPS) is 21.3. The number of nitrogens with zero attached hydrogens (tertiary/aromatic N) is 3. The van der Waals surface area contributed by atoms with Gasteiger partial charge in [-0.3, -0.25) is 4.99 Å². The van der Waals surface area contributed by atoms with E-state index in [2.05, 4.69) is 70.6 Å². The highest BCUT2D eigenvalue weighted by Crippen LogP contribution is 2.33. The summed E-state index contributed by atoms with van der Waals surface area (Å²) in [5.41, 5.74) is 2.49. The molecule has 33 heavy (non-hydrogen) atoms. The molecule has 2 unspecified atom stereocenters. The topological polar surface area (TPSA) is 49.3 Å². The molecular weight excluding hydrogens is 527 g/mol. The molecule has 2 aliphatic heterocycles. The SMILES string of the molecule is CCNC(=NCC1CCCOC1c1ccccc1)N1CCN(c2cccc(OC)c2)CC1.I. The summed E-state index contributed by atoms with van der Waals surface area (Å²) in [5, 5.41) is 3.52. The molecule has 0 spiro atoms. The van der Waals surface area contributed by atoms with E-state index in [1.807, 2.05) is 6.07 Å². The van der Waals surface area contributed by atoms with Crippen molar-refractivity contribution in [2.75, 3.05) is 57.9 Å². The average molecular weight is 565 g/mol. The first-order chi connectivity index (χ1) is 15.8. The van der Waals surface area contributed by atoms with Crippen LogP contribution in [0.25, 0.3) is 0 Å². The molecule has 1 N–H and O–H groups in total. The second kappa shape index (κ2) is 13.0. The Kier molecular flexibility index (Phi) is 10.1. The molecule has 0 aliphatic carbocycles. The van der Waals surface area contributed by atoms with Crippen molar-refractivity contribution in [1.82, 2.24) is 10.2 Å². The number of methoxy groups -OCH3 is 1. The van der Waals surface area contributed by atoms with Crippen LogP contribution in [-0.4, -0.2) is 63.8 Å². The van der Waals surface area contributed by atoms with Gasteiger partial charge in [0, 0.05) is 63.5 Å². The summed E-state index contributed by atoms with van der Waals surface area (Å²) >= 11 is 0. The maximum Gasteiger partial charge on any atom is 0.194 e. The second-order valence-corrected chi connectivity index (χ2v) is 8.47. The van der Waals surface area contributed by atoms with Gasteiger partial charge in [-0.15, -0.1) is 24.0 Å². The van der Waals surface area contributed by atoms with Gasteiger partial charge in [0.15, 0.2) is 5.96 Å². The lowest BCUT2D eigenvalue weighted by molar-refractivity contribution is -0.0250. The number of anilines is 1. The molecule has 6 nitrogen and oxygen atoms in total. The molecular formula is C26H37IN4O2. The van der Waals surface area contributed by atoms with E-state index in [0.717, 1.165) is 70.4 Å². The van der Waals surface area contributed by atoms with Crippen LogP contribution in [0.3, 0.4) is 0 Å². The number of piperazine rings is 1. The first-order valence-electron chi connectivity index (χ1n) is 11.9. The van der Waals surface area contributed by atoms with Crippen molar-refractivity contribution in [3.05, 3.63) is 60.2 Å². The summed E-state index contributed by atoms with van der Waals surface area (Å²) in [5.74, 6) is 2.34. The number of benzene rings is 2. The van der Waals surface area contributed by atoms with Gasteiger partial charge < -0.3 is 24.6 Å². The number of hydrogen-bond acceptors (Lipinski definition) is 4. The van der Waals surface area contributed by atoms with Crippen LogP contribution in [0, 0.1) is 5.92 Å². The van der Waals surface area contributed by atoms with Crippen molar-refractivity contribution in [2.24, 2.45) is 10.9 Å². The third-order valence-corrected chi connectivity index (χ3v) is 6.38. The molecule has 2 aromatic carbocycles. The Hall–Kier alpha value is -2.00. The van der Waals surface area contributed by atoms with E-state index in [1.165, 1.54) is 11.3 Å². The molecule has 0 amide bonds. The first-order valence-corrected chi connectivity index (χ1v) is 11.9. The third kappa shape index (κ3) is 6.76. The summed E-state index contributed by atoms with van der Waals surface area (Å²) in [7, 11) is 1.72. The molecule has 0 radical (unpaired) electrons. The predicted molar refractivity (Wildman–Crippen MR) is 146 cm³/mol. The lowest BCUT2D eigenvalue weighted by atomic mass is 9.89.